The smallest absolute Gasteiger partial charge is 0.336 e. The minimum absolute atomic E-state index is 0.0255. The van der Waals surface area contributed by atoms with Crippen molar-refractivity contribution in [3.63, 3.8) is 0 Å². The normalized spacial score (nSPS) is 10.4. The molecule has 134 valence electrons. The average Bonchev–Trinajstić information content (AvgIpc) is 2.72. The number of hydrogen-bond donors (Lipinski definition) is 1. The van der Waals surface area contributed by atoms with Crippen molar-refractivity contribution in [1.82, 2.24) is 0 Å². The molecule has 0 saturated heterocycles. The van der Waals surface area contributed by atoms with Gasteiger partial charge in [-0.25, -0.2) is 4.79 Å². The Balaban J connectivity index is 2.11. The first-order chi connectivity index (χ1) is 13.1. The van der Waals surface area contributed by atoms with Crippen LogP contribution in [-0.4, -0.2) is 16.9 Å². The number of benzene rings is 3. The van der Waals surface area contributed by atoms with E-state index in [0.717, 1.165) is 16.7 Å². The number of ketones is 1. The zero-order chi connectivity index (χ0) is 19.2. The number of carboxylic acids is 1. The highest BCUT2D eigenvalue weighted by Crippen LogP contribution is 2.26. The SMILES string of the molecule is C=Cc1ccc(C(=O)O)c(C(=O)c2ccccc2)c1CCc1ccccc1. The van der Waals surface area contributed by atoms with Gasteiger partial charge in [0.2, 0.25) is 0 Å². The van der Waals surface area contributed by atoms with Gasteiger partial charge in [0, 0.05) is 11.1 Å². The Labute approximate surface area is 158 Å². The van der Waals surface area contributed by atoms with Crippen molar-refractivity contribution in [2.45, 2.75) is 12.8 Å². The molecule has 0 aliphatic carbocycles. The third kappa shape index (κ3) is 4.04. The second kappa shape index (κ2) is 8.28. The van der Waals surface area contributed by atoms with Gasteiger partial charge in [-0.1, -0.05) is 79.4 Å². The van der Waals surface area contributed by atoms with E-state index < -0.39 is 5.97 Å². The molecule has 3 nitrogen and oxygen atoms in total. The first-order valence-electron chi connectivity index (χ1n) is 8.77. The lowest BCUT2D eigenvalue weighted by molar-refractivity contribution is 0.0692. The minimum Gasteiger partial charge on any atom is -0.478 e. The topological polar surface area (TPSA) is 54.4 Å². The predicted molar refractivity (Wildman–Crippen MR) is 107 cm³/mol. The summed E-state index contributed by atoms with van der Waals surface area (Å²) in [5, 5.41) is 9.66. The number of carbonyl (C=O) groups is 2. The quantitative estimate of drug-likeness (QED) is 0.603. The molecule has 3 heteroatoms. The molecule has 0 unspecified atom stereocenters. The maximum absolute atomic E-state index is 13.2. The number of hydrogen-bond acceptors (Lipinski definition) is 2. The van der Waals surface area contributed by atoms with Crippen LogP contribution in [0.25, 0.3) is 6.08 Å². The molecule has 0 fully saturated rings. The van der Waals surface area contributed by atoms with Crippen LogP contribution in [0.1, 0.15) is 43.0 Å². The first kappa shape index (κ1) is 18.3. The van der Waals surface area contributed by atoms with Crippen LogP contribution in [0.3, 0.4) is 0 Å². The number of rotatable bonds is 7. The average molecular weight is 356 g/mol. The largest absolute Gasteiger partial charge is 0.478 e. The zero-order valence-electron chi connectivity index (χ0n) is 14.9. The Morgan fingerprint density at radius 3 is 2.07 bits per heavy atom. The molecule has 0 heterocycles. The molecule has 0 aliphatic rings. The molecule has 0 bridgehead atoms. The van der Waals surface area contributed by atoms with E-state index in [-0.39, 0.29) is 16.9 Å². The van der Waals surface area contributed by atoms with Gasteiger partial charge < -0.3 is 5.11 Å². The molecule has 0 radical (unpaired) electrons. The van der Waals surface area contributed by atoms with Crippen molar-refractivity contribution < 1.29 is 14.7 Å². The monoisotopic (exact) mass is 356 g/mol. The molecule has 0 saturated carbocycles. The maximum atomic E-state index is 13.2. The van der Waals surface area contributed by atoms with Crippen molar-refractivity contribution in [3.8, 4) is 0 Å². The molecular formula is C24H20O3. The Morgan fingerprint density at radius 1 is 0.852 bits per heavy atom. The van der Waals surface area contributed by atoms with E-state index in [2.05, 4.69) is 6.58 Å². The summed E-state index contributed by atoms with van der Waals surface area (Å²) in [6.45, 7) is 3.84. The van der Waals surface area contributed by atoms with E-state index in [9.17, 15) is 14.7 Å². The molecule has 0 amide bonds. The van der Waals surface area contributed by atoms with Crippen LogP contribution < -0.4 is 0 Å². The third-order valence-electron chi connectivity index (χ3n) is 4.57. The minimum atomic E-state index is -1.11. The maximum Gasteiger partial charge on any atom is 0.336 e. The van der Waals surface area contributed by atoms with Crippen LogP contribution in [0, 0.1) is 0 Å². The molecule has 3 rings (SSSR count). The molecule has 27 heavy (non-hydrogen) atoms. The number of carboxylic acid groups (broad SMARTS) is 1. The van der Waals surface area contributed by atoms with Gasteiger partial charge in [0.15, 0.2) is 5.78 Å². The van der Waals surface area contributed by atoms with E-state index in [1.165, 1.54) is 6.07 Å². The number of aromatic carboxylic acids is 1. The summed E-state index contributed by atoms with van der Waals surface area (Å²) >= 11 is 0. The lowest BCUT2D eigenvalue weighted by Crippen LogP contribution is -2.15. The van der Waals surface area contributed by atoms with Crippen LogP contribution in [-0.2, 0) is 12.8 Å². The van der Waals surface area contributed by atoms with Crippen molar-refractivity contribution in [1.29, 1.82) is 0 Å². The van der Waals surface area contributed by atoms with Gasteiger partial charge in [0.1, 0.15) is 0 Å². The summed E-state index contributed by atoms with van der Waals surface area (Å²) in [5.41, 5.74) is 3.39. The Bertz CT molecular complexity index is 973. The number of aryl methyl sites for hydroxylation is 1. The van der Waals surface area contributed by atoms with Crippen molar-refractivity contribution in [3.05, 3.63) is 113 Å². The van der Waals surface area contributed by atoms with E-state index >= 15 is 0 Å². The Kier molecular flexibility index (Phi) is 5.62. The van der Waals surface area contributed by atoms with E-state index in [1.54, 1.807) is 36.4 Å². The first-order valence-corrected chi connectivity index (χ1v) is 8.77. The van der Waals surface area contributed by atoms with Crippen LogP contribution in [0.5, 0.6) is 0 Å². The lowest BCUT2D eigenvalue weighted by atomic mass is 9.87. The summed E-state index contributed by atoms with van der Waals surface area (Å²) in [6.07, 6.45) is 2.94. The van der Waals surface area contributed by atoms with Gasteiger partial charge in [-0.15, -0.1) is 0 Å². The molecule has 1 N–H and O–H groups in total. The third-order valence-corrected chi connectivity index (χ3v) is 4.57. The second-order valence-electron chi connectivity index (χ2n) is 6.25. The van der Waals surface area contributed by atoms with Crippen molar-refractivity contribution in [2.75, 3.05) is 0 Å². The van der Waals surface area contributed by atoms with Gasteiger partial charge in [-0.3, -0.25) is 4.79 Å². The van der Waals surface area contributed by atoms with E-state index in [1.807, 2.05) is 36.4 Å². The molecule has 0 aliphatic heterocycles. The highest BCUT2D eigenvalue weighted by atomic mass is 16.4. The van der Waals surface area contributed by atoms with Crippen LogP contribution in [0.2, 0.25) is 0 Å². The van der Waals surface area contributed by atoms with Crippen LogP contribution >= 0.6 is 0 Å². The molecule has 0 aromatic heterocycles. The van der Waals surface area contributed by atoms with Crippen molar-refractivity contribution in [2.24, 2.45) is 0 Å². The second-order valence-corrected chi connectivity index (χ2v) is 6.25. The van der Waals surface area contributed by atoms with Gasteiger partial charge in [-0.05, 0) is 35.6 Å². The van der Waals surface area contributed by atoms with E-state index in [0.29, 0.717) is 18.4 Å². The standard InChI is InChI=1S/C24H20O3/c1-2-18-14-16-21(24(26)27)22(23(25)19-11-7-4-8-12-19)20(18)15-13-17-9-5-3-6-10-17/h2-12,14,16H,1,13,15H2,(H,26,27). The fourth-order valence-electron chi connectivity index (χ4n) is 3.21. The summed E-state index contributed by atoms with van der Waals surface area (Å²) < 4.78 is 0. The van der Waals surface area contributed by atoms with Gasteiger partial charge >= 0.3 is 5.97 Å². The summed E-state index contributed by atoms with van der Waals surface area (Å²) in [4.78, 5) is 25.0. The van der Waals surface area contributed by atoms with Gasteiger partial charge in [0.25, 0.3) is 0 Å². The summed E-state index contributed by atoms with van der Waals surface area (Å²) in [7, 11) is 0. The van der Waals surface area contributed by atoms with Gasteiger partial charge in [0.05, 0.1) is 5.56 Å². The summed E-state index contributed by atoms with van der Waals surface area (Å²) in [5.74, 6) is -1.38. The van der Waals surface area contributed by atoms with Gasteiger partial charge in [-0.2, -0.15) is 0 Å². The lowest BCUT2D eigenvalue weighted by Gasteiger charge is -2.15. The fraction of sp³-hybridized carbons (Fsp3) is 0.0833. The molecular weight excluding hydrogens is 336 g/mol. The molecule has 0 atom stereocenters. The molecule has 3 aromatic carbocycles. The predicted octanol–water partition coefficient (Wildman–Crippen LogP) is 5.04. The Morgan fingerprint density at radius 2 is 1.48 bits per heavy atom. The zero-order valence-corrected chi connectivity index (χ0v) is 14.9. The highest BCUT2D eigenvalue weighted by Gasteiger charge is 2.23. The number of carbonyl (C=O) groups excluding carboxylic acids is 1. The molecule has 3 aromatic rings. The highest BCUT2D eigenvalue weighted by molar-refractivity contribution is 6.15. The van der Waals surface area contributed by atoms with Crippen LogP contribution in [0.4, 0.5) is 0 Å². The Hall–Kier alpha value is -3.46. The van der Waals surface area contributed by atoms with Crippen LogP contribution in [0.15, 0.2) is 79.4 Å². The fourth-order valence-corrected chi connectivity index (χ4v) is 3.21. The summed E-state index contributed by atoms with van der Waals surface area (Å²) in [6, 6.07) is 21.9. The van der Waals surface area contributed by atoms with Crippen molar-refractivity contribution >= 4 is 17.8 Å². The van der Waals surface area contributed by atoms with E-state index in [4.69, 9.17) is 0 Å². The molecule has 0 spiro atoms.